The van der Waals surface area contributed by atoms with Crippen molar-refractivity contribution in [3.63, 3.8) is 0 Å². The predicted octanol–water partition coefficient (Wildman–Crippen LogP) is 6.27. The van der Waals surface area contributed by atoms with Gasteiger partial charge in [-0.1, -0.05) is 45.1 Å². The van der Waals surface area contributed by atoms with Crippen LogP contribution in [0.3, 0.4) is 0 Å². The van der Waals surface area contributed by atoms with E-state index < -0.39 is 0 Å². The van der Waals surface area contributed by atoms with Crippen LogP contribution in [0.2, 0.25) is 0 Å². The molecule has 110 valence electrons. The van der Waals surface area contributed by atoms with Gasteiger partial charge in [-0.25, -0.2) is 4.39 Å². The van der Waals surface area contributed by atoms with Crippen molar-refractivity contribution in [2.45, 2.75) is 77.6 Å². The Morgan fingerprint density at radius 2 is 1.37 bits per heavy atom. The van der Waals surface area contributed by atoms with E-state index in [-0.39, 0.29) is 0 Å². The lowest BCUT2D eigenvalue weighted by molar-refractivity contribution is 0.143. The fourth-order valence-corrected chi connectivity index (χ4v) is 4.41. The summed E-state index contributed by atoms with van der Waals surface area (Å²) in [6.45, 7) is 2.35. The summed E-state index contributed by atoms with van der Waals surface area (Å²) in [5.41, 5.74) is 0. The molecule has 0 bridgehead atoms. The van der Waals surface area contributed by atoms with Gasteiger partial charge in [-0.3, -0.25) is 0 Å². The molecule has 2 rings (SSSR count). The van der Waals surface area contributed by atoms with E-state index in [9.17, 15) is 4.39 Å². The Morgan fingerprint density at radius 1 is 0.842 bits per heavy atom. The molecule has 0 aromatic rings. The first kappa shape index (κ1) is 15.1. The van der Waals surface area contributed by atoms with Crippen molar-refractivity contribution < 1.29 is 4.39 Å². The zero-order valence-electron chi connectivity index (χ0n) is 12.6. The maximum absolute atomic E-state index is 11.9. The van der Waals surface area contributed by atoms with Crippen molar-refractivity contribution in [1.29, 1.82) is 0 Å². The van der Waals surface area contributed by atoms with Gasteiger partial charge in [-0.15, -0.1) is 0 Å². The summed E-state index contributed by atoms with van der Waals surface area (Å²) < 4.78 is 11.9. The van der Waals surface area contributed by atoms with Gasteiger partial charge in [0.1, 0.15) is 0 Å². The van der Waals surface area contributed by atoms with Crippen molar-refractivity contribution in [3.8, 4) is 0 Å². The molecule has 0 heterocycles. The van der Waals surface area contributed by atoms with E-state index in [0.717, 1.165) is 30.1 Å². The van der Waals surface area contributed by atoms with Gasteiger partial charge < -0.3 is 0 Å². The topological polar surface area (TPSA) is 0 Å². The molecule has 0 spiro atoms. The second-order valence-electron chi connectivity index (χ2n) is 6.91. The maximum Gasteiger partial charge on any atom is 0.0827 e. The highest BCUT2D eigenvalue weighted by Crippen LogP contribution is 2.42. The molecule has 2 saturated carbocycles. The first-order chi connectivity index (χ1) is 9.33. The third kappa shape index (κ3) is 4.61. The minimum Gasteiger partial charge on any atom is -0.216 e. The van der Waals surface area contributed by atoms with Crippen LogP contribution in [-0.4, -0.2) is 0 Å². The minimum absolute atomic E-state index is 0.706. The molecule has 2 fully saturated rings. The average molecular weight is 266 g/mol. The molecular weight excluding hydrogens is 235 g/mol. The van der Waals surface area contributed by atoms with E-state index in [1.165, 1.54) is 64.2 Å². The van der Waals surface area contributed by atoms with Crippen LogP contribution >= 0.6 is 0 Å². The van der Waals surface area contributed by atoms with Crippen molar-refractivity contribution in [2.24, 2.45) is 23.7 Å². The Morgan fingerprint density at radius 3 is 1.84 bits per heavy atom. The standard InChI is InChI=1S/C18H31F/c1-2-15-6-10-17(11-7-15)18-12-8-16(9-13-18)5-3-4-14-19/h4,14-18H,2-3,5-13H2,1H3/b14-4+. The monoisotopic (exact) mass is 266 g/mol. The Hall–Kier alpha value is -0.330. The molecule has 0 atom stereocenters. The summed E-state index contributed by atoms with van der Waals surface area (Å²) in [5, 5.41) is 0. The summed E-state index contributed by atoms with van der Waals surface area (Å²) in [6, 6.07) is 0. The number of hydrogen-bond donors (Lipinski definition) is 0. The minimum atomic E-state index is 0.706. The van der Waals surface area contributed by atoms with Gasteiger partial charge in [0.15, 0.2) is 0 Å². The molecule has 1 heteroatoms. The van der Waals surface area contributed by atoms with Crippen LogP contribution in [-0.2, 0) is 0 Å². The van der Waals surface area contributed by atoms with Gasteiger partial charge >= 0.3 is 0 Å². The lowest BCUT2D eigenvalue weighted by atomic mass is 9.68. The lowest BCUT2D eigenvalue weighted by Crippen LogP contribution is -2.25. The predicted molar refractivity (Wildman–Crippen MR) is 80.7 cm³/mol. The molecule has 19 heavy (non-hydrogen) atoms. The summed E-state index contributed by atoms with van der Waals surface area (Å²) in [4.78, 5) is 0. The molecule has 0 nitrogen and oxygen atoms in total. The quantitative estimate of drug-likeness (QED) is 0.550. The first-order valence-electron chi connectivity index (χ1n) is 8.58. The molecule has 0 aromatic carbocycles. The van der Waals surface area contributed by atoms with Gasteiger partial charge in [0.05, 0.1) is 6.33 Å². The zero-order valence-corrected chi connectivity index (χ0v) is 12.6. The Kier molecular flexibility index (Phi) is 6.40. The van der Waals surface area contributed by atoms with Crippen molar-refractivity contribution in [2.75, 3.05) is 0 Å². The van der Waals surface area contributed by atoms with Crippen LogP contribution in [0.1, 0.15) is 77.6 Å². The normalized spacial score (nSPS) is 36.7. The zero-order chi connectivity index (χ0) is 13.5. The van der Waals surface area contributed by atoms with Crippen molar-refractivity contribution in [3.05, 3.63) is 12.4 Å². The summed E-state index contributed by atoms with van der Waals surface area (Å²) in [6.07, 6.45) is 17.6. The highest BCUT2D eigenvalue weighted by molar-refractivity contribution is 4.83. The molecule has 0 radical (unpaired) electrons. The van der Waals surface area contributed by atoms with E-state index in [2.05, 4.69) is 6.92 Å². The molecule has 0 amide bonds. The summed E-state index contributed by atoms with van der Waals surface area (Å²) in [7, 11) is 0. The second-order valence-corrected chi connectivity index (χ2v) is 6.91. The Balaban J connectivity index is 1.66. The highest BCUT2D eigenvalue weighted by atomic mass is 19.1. The maximum atomic E-state index is 11.9. The van der Waals surface area contributed by atoms with Gasteiger partial charge in [-0.05, 0) is 62.2 Å². The SMILES string of the molecule is CCC1CCC(C2CCC(CC/C=C/F)CC2)CC1. The van der Waals surface area contributed by atoms with Crippen LogP contribution in [0.15, 0.2) is 12.4 Å². The summed E-state index contributed by atoms with van der Waals surface area (Å²) in [5.74, 6) is 3.96. The third-order valence-corrected chi connectivity index (χ3v) is 5.86. The van der Waals surface area contributed by atoms with Crippen molar-refractivity contribution >= 4 is 0 Å². The van der Waals surface area contributed by atoms with Crippen LogP contribution in [0.25, 0.3) is 0 Å². The van der Waals surface area contributed by atoms with Crippen molar-refractivity contribution in [1.82, 2.24) is 0 Å². The molecule has 0 N–H and O–H groups in total. The smallest absolute Gasteiger partial charge is 0.0827 e. The average Bonchev–Trinajstić information content (AvgIpc) is 2.48. The molecule has 0 aromatic heterocycles. The number of rotatable bonds is 5. The van der Waals surface area contributed by atoms with Crippen LogP contribution in [0.5, 0.6) is 0 Å². The van der Waals surface area contributed by atoms with Gasteiger partial charge in [0.25, 0.3) is 0 Å². The Labute approximate surface area is 118 Å². The molecule has 0 aliphatic heterocycles. The molecular formula is C18H31F. The van der Waals surface area contributed by atoms with E-state index in [1.807, 2.05) is 0 Å². The van der Waals surface area contributed by atoms with E-state index in [0.29, 0.717) is 6.33 Å². The molecule has 0 unspecified atom stereocenters. The number of hydrogen-bond acceptors (Lipinski definition) is 0. The largest absolute Gasteiger partial charge is 0.216 e. The number of halogens is 1. The third-order valence-electron chi connectivity index (χ3n) is 5.86. The van der Waals surface area contributed by atoms with E-state index >= 15 is 0 Å². The molecule has 2 aliphatic rings. The lowest BCUT2D eigenvalue weighted by Gasteiger charge is -2.37. The highest BCUT2D eigenvalue weighted by Gasteiger charge is 2.30. The van der Waals surface area contributed by atoms with E-state index in [1.54, 1.807) is 6.08 Å². The first-order valence-corrected chi connectivity index (χ1v) is 8.58. The van der Waals surface area contributed by atoms with Gasteiger partial charge in [0.2, 0.25) is 0 Å². The second kappa shape index (κ2) is 8.07. The number of allylic oxidation sites excluding steroid dienone is 1. The van der Waals surface area contributed by atoms with Gasteiger partial charge in [0, 0.05) is 0 Å². The summed E-state index contributed by atoms with van der Waals surface area (Å²) >= 11 is 0. The fraction of sp³-hybridized carbons (Fsp3) is 0.889. The fourth-order valence-electron chi connectivity index (χ4n) is 4.41. The Bertz CT molecular complexity index is 255. The van der Waals surface area contributed by atoms with Crippen LogP contribution < -0.4 is 0 Å². The molecule has 2 aliphatic carbocycles. The van der Waals surface area contributed by atoms with Crippen LogP contribution in [0.4, 0.5) is 4.39 Å². The van der Waals surface area contributed by atoms with E-state index in [4.69, 9.17) is 0 Å². The molecule has 0 saturated heterocycles. The van der Waals surface area contributed by atoms with Crippen LogP contribution in [0, 0.1) is 23.7 Å². The van der Waals surface area contributed by atoms with Gasteiger partial charge in [-0.2, -0.15) is 0 Å².